The third kappa shape index (κ3) is 3.98. The summed E-state index contributed by atoms with van der Waals surface area (Å²) < 4.78 is 0. The smallest absolute Gasteiger partial charge is 0.268 e. The Morgan fingerprint density at radius 2 is 1.97 bits per heavy atom. The average molecular weight is 422 g/mol. The normalized spacial score (nSPS) is 14.9. The molecule has 1 aliphatic rings. The molecule has 0 spiro atoms. The minimum Gasteiger partial charge on any atom is -0.354 e. The minimum atomic E-state index is -0.169. The summed E-state index contributed by atoms with van der Waals surface area (Å²) in [4.78, 5) is 31.9. The van der Waals surface area contributed by atoms with E-state index in [1.165, 1.54) is 22.9 Å². The van der Waals surface area contributed by atoms with Gasteiger partial charge in [0.15, 0.2) is 5.78 Å². The van der Waals surface area contributed by atoms with Gasteiger partial charge >= 0.3 is 0 Å². The quantitative estimate of drug-likeness (QED) is 0.579. The van der Waals surface area contributed by atoms with Crippen molar-refractivity contribution in [1.29, 1.82) is 0 Å². The molecule has 4 rings (SSSR count). The molecule has 6 heteroatoms. The van der Waals surface area contributed by atoms with Crippen LogP contribution >= 0.6 is 11.3 Å². The van der Waals surface area contributed by atoms with Gasteiger partial charge in [-0.1, -0.05) is 30.3 Å². The molecule has 1 aliphatic heterocycles. The first kappa shape index (κ1) is 20.6. The molecule has 2 aromatic heterocycles. The lowest BCUT2D eigenvalue weighted by Gasteiger charge is -2.35. The van der Waals surface area contributed by atoms with Gasteiger partial charge in [-0.05, 0) is 55.3 Å². The van der Waals surface area contributed by atoms with Crippen molar-refractivity contribution in [3.05, 3.63) is 80.3 Å². The number of rotatable bonds is 6. The molecule has 0 saturated heterocycles. The molecule has 1 unspecified atom stereocenters. The molecule has 0 radical (unpaired) electrons. The molecule has 1 amide bonds. The number of ketones is 1. The average Bonchev–Trinajstić information content (AvgIpc) is 3.32. The largest absolute Gasteiger partial charge is 0.354 e. The van der Waals surface area contributed by atoms with Gasteiger partial charge < -0.3 is 10.3 Å². The second-order valence-electron chi connectivity index (χ2n) is 7.91. The number of Topliss-reactive ketones (excluding diaryl/α,β-unsaturated/α-hetero) is 1. The molecule has 3 aromatic rings. The highest BCUT2D eigenvalue weighted by atomic mass is 32.1. The van der Waals surface area contributed by atoms with E-state index in [1.54, 1.807) is 0 Å². The summed E-state index contributed by atoms with van der Waals surface area (Å²) in [6.07, 6.45) is 1.04. The van der Waals surface area contributed by atoms with Crippen molar-refractivity contribution in [3.63, 3.8) is 0 Å². The molecule has 1 atom stereocenters. The Balaban J connectivity index is 1.54. The molecule has 30 heavy (non-hydrogen) atoms. The summed E-state index contributed by atoms with van der Waals surface area (Å²) in [5, 5.41) is 5.28. The van der Waals surface area contributed by atoms with Crippen LogP contribution in [0.3, 0.4) is 0 Å². The van der Waals surface area contributed by atoms with Crippen LogP contribution in [0.15, 0.2) is 41.8 Å². The molecule has 1 aromatic carbocycles. The van der Waals surface area contributed by atoms with Gasteiger partial charge in [-0.25, -0.2) is 0 Å². The van der Waals surface area contributed by atoms with Crippen molar-refractivity contribution in [2.24, 2.45) is 0 Å². The molecule has 0 fully saturated rings. The van der Waals surface area contributed by atoms with Crippen LogP contribution in [0.2, 0.25) is 0 Å². The molecule has 0 bridgehead atoms. The highest BCUT2D eigenvalue weighted by Gasteiger charge is 2.27. The number of hydrogen-bond donors (Lipinski definition) is 2. The first-order chi connectivity index (χ1) is 14.5. The first-order valence-corrected chi connectivity index (χ1v) is 11.2. The van der Waals surface area contributed by atoms with Crippen LogP contribution in [-0.2, 0) is 13.0 Å². The van der Waals surface area contributed by atoms with Gasteiger partial charge in [-0.2, -0.15) is 0 Å². The van der Waals surface area contributed by atoms with Crippen molar-refractivity contribution in [2.75, 3.05) is 13.1 Å². The van der Waals surface area contributed by atoms with E-state index in [-0.39, 0.29) is 17.7 Å². The predicted molar refractivity (Wildman–Crippen MR) is 120 cm³/mol. The molecule has 0 saturated carbocycles. The highest BCUT2D eigenvalue weighted by Crippen LogP contribution is 2.30. The Labute approximate surface area is 181 Å². The topological polar surface area (TPSA) is 65.2 Å². The molecule has 156 valence electrons. The van der Waals surface area contributed by atoms with Crippen LogP contribution in [-0.4, -0.2) is 34.7 Å². The van der Waals surface area contributed by atoms with Gasteiger partial charge in [0, 0.05) is 35.8 Å². The Morgan fingerprint density at radius 3 is 2.67 bits per heavy atom. The van der Waals surface area contributed by atoms with E-state index in [0.29, 0.717) is 17.8 Å². The number of nitrogens with one attached hydrogen (secondary N) is 2. The fourth-order valence-corrected chi connectivity index (χ4v) is 5.34. The minimum absolute atomic E-state index is 0.0256. The maximum Gasteiger partial charge on any atom is 0.268 e. The molecule has 3 heterocycles. The van der Waals surface area contributed by atoms with E-state index in [2.05, 4.69) is 38.8 Å². The molecule has 0 aliphatic carbocycles. The monoisotopic (exact) mass is 421 g/mol. The second-order valence-corrected chi connectivity index (χ2v) is 8.91. The zero-order valence-electron chi connectivity index (χ0n) is 17.6. The maximum absolute atomic E-state index is 13.0. The fourth-order valence-electron chi connectivity index (χ4n) is 4.45. The van der Waals surface area contributed by atoms with Crippen LogP contribution in [0.5, 0.6) is 0 Å². The number of aromatic amines is 1. The number of carbonyl (C=O) groups is 2. The molecule has 5 nitrogen and oxygen atoms in total. The SMILES string of the molecule is CC(=O)c1c(C)[nH]c(C(=O)NCC(c2ccccc2)N2CCc3sccc3C2)c1C. The highest BCUT2D eigenvalue weighted by molar-refractivity contribution is 7.10. The number of fused-ring (bicyclic) bond motifs is 1. The van der Waals surface area contributed by atoms with Gasteiger partial charge in [0.05, 0.1) is 6.04 Å². The number of hydrogen-bond acceptors (Lipinski definition) is 4. The number of amides is 1. The number of aryl methyl sites for hydroxylation is 1. The Kier molecular flexibility index (Phi) is 5.88. The Morgan fingerprint density at radius 1 is 1.20 bits per heavy atom. The van der Waals surface area contributed by atoms with Crippen LogP contribution in [0.25, 0.3) is 0 Å². The summed E-state index contributed by atoms with van der Waals surface area (Å²) in [7, 11) is 0. The first-order valence-electron chi connectivity index (χ1n) is 10.3. The third-order valence-electron chi connectivity index (χ3n) is 5.93. The number of thiophene rings is 1. The Bertz CT molecular complexity index is 1070. The van der Waals surface area contributed by atoms with E-state index < -0.39 is 0 Å². The van der Waals surface area contributed by atoms with Crippen LogP contribution in [0.1, 0.15) is 61.1 Å². The number of aromatic nitrogens is 1. The maximum atomic E-state index is 13.0. The lowest BCUT2D eigenvalue weighted by atomic mass is 10.0. The summed E-state index contributed by atoms with van der Waals surface area (Å²) in [5.41, 5.74) is 5.13. The van der Waals surface area contributed by atoms with Gasteiger partial charge in [0.1, 0.15) is 5.69 Å². The van der Waals surface area contributed by atoms with E-state index in [9.17, 15) is 9.59 Å². The fraction of sp³-hybridized carbons (Fsp3) is 0.333. The molecular weight excluding hydrogens is 394 g/mol. The summed E-state index contributed by atoms with van der Waals surface area (Å²) in [6, 6.07) is 12.6. The number of benzene rings is 1. The van der Waals surface area contributed by atoms with Crippen LogP contribution in [0, 0.1) is 13.8 Å². The van der Waals surface area contributed by atoms with E-state index in [0.717, 1.165) is 30.8 Å². The molecular formula is C24H27N3O2S. The summed E-state index contributed by atoms with van der Waals surface area (Å²) >= 11 is 1.83. The standard InChI is InChI=1S/C24H27N3O2S/c1-15-22(17(3)28)16(2)26-23(15)24(29)25-13-20(18-7-5-4-6-8-18)27-11-9-21-19(14-27)10-12-30-21/h4-8,10,12,20,26H,9,11,13-14H2,1-3H3,(H,25,29). The van der Waals surface area contributed by atoms with Gasteiger partial charge in [0.25, 0.3) is 5.91 Å². The van der Waals surface area contributed by atoms with Crippen LogP contribution in [0.4, 0.5) is 0 Å². The Hall–Kier alpha value is -2.70. The third-order valence-corrected chi connectivity index (χ3v) is 6.96. The zero-order valence-corrected chi connectivity index (χ0v) is 18.4. The van der Waals surface area contributed by atoms with Crippen molar-refractivity contribution in [3.8, 4) is 0 Å². The predicted octanol–water partition coefficient (Wildman–Crippen LogP) is 4.43. The van der Waals surface area contributed by atoms with Crippen molar-refractivity contribution in [1.82, 2.24) is 15.2 Å². The van der Waals surface area contributed by atoms with E-state index >= 15 is 0 Å². The number of H-pyrrole nitrogens is 1. The van der Waals surface area contributed by atoms with Crippen molar-refractivity contribution in [2.45, 2.75) is 39.8 Å². The van der Waals surface area contributed by atoms with Gasteiger partial charge in [-0.3, -0.25) is 14.5 Å². The second kappa shape index (κ2) is 8.58. The van der Waals surface area contributed by atoms with Gasteiger partial charge in [-0.15, -0.1) is 11.3 Å². The lowest BCUT2D eigenvalue weighted by molar-refractivity contribution is 0.0923. The molecule has 2 N–H and O–H groups in total. The number of nitrogens with zero attached hydrogens (tertiary/aromatic N) is 1. The zero-order chi connectivity index (χ0) is 21.3. The van der Waals surface area contributed by atoms with E-state index in [1.807, 2.05) is 43.4 Å². The van der Waals surface area contributed by atoms with Crippen molar-refractivity contribution < 1.29 is 9.59 Å². The van der Waals surface area contributed by atoms with Crippen molar-refractivity contribution >= 4 is 23.0 Å². The van der Waals surface area contributed by atoms with Gasteiger partial charge in [0.2, 0.25) is 0 Å². The number of carbonyl (C=O) groups excluding carboxylic acids is 2. The lowest BCUT2D eigenvalue weighted by Crippen LogP contribution is -2.40. The van der Waals surface area contributed by atoms with Crippen LogP contribution < -0.4 is 5.32 Å². The summed E-state index contributed by atoms with van der Waals surface area (Å²) in [5.74, 6) is -0.195. The van der Waals surface area contributed by atoms with E-state index in [4.69, 9.17) is 0 Å². The summed E-state index contributed by atoms with van der Waals surface area (Å²) in [6.45, 7) is 7.56.